The Bertz CT molecular complexity index is 929. The maximum absolute atomic E-state index is 10.3. The number of aromatic nitrogens is 1. The summed E-state index contributed by atoms with van der Waals surface area (Å²) in [6.07, 6.45) is 4.35. The number of hydrogen-bond acceptors (Lipinski definition) is 7. The van der Waals surface area contributed by atoms with Crippen molar-refractivity contribution in [3.8, 4) is 6.07 Å². The van der Waals surface area contributed by atoms with Crippen LogP contribution >= 0.6 is 0 Å². The summed E-state index contributed by atoms with van der Waals surface area (Å²) in [5.74, 6) is 0. The van der Waals surface area contributed by atoms with E-state index in [0.29, 0.717) is 28.9 Å². The van der Waals surface area contributed by atoms with Crippen molar-refractivity contribution in [2.45, 2.75) is 19.4 Å². The van der Waals surface area contributed by atoms with Crippen molar-refractivity contribution in [3.63, 3.8) is 0 Å². The van der Waals surface area contributed by atoms with Gasteiger partial charge in [0.15, 0.2) is 6.29 Å². The van der Waals surface area contributed by atoms with E-state index < -0.39 is 5.60 Å². The van der Waals surface area contributed by atoms with E-state index in [2.05, 4.69) is 10.3 Å². The summed E-state index contributed by atoms with van der Waals surface area (Å²) >= 11 is 0. The van der Waals surface area contributed by atoms with Gasteiger partial charge in [-0.25, -0.2) is 0 Å². The summed E-state index contributed by atoms with van der Waals surface area (Å²) in [4.78, 5) is 13.0. The molecule has 0 aliphatic heterocycles. The molecule has 8 nitrogen and oxygen atoms in total. The zero-order chi connectivity index (χ0) is 21.3. The van der Waals surface area contributed by atoms with Gasteiger partial charge in [-0.05, 0) is 44.2 Å². The monoisotopic (exact) mass is 380 g/mol. The number of nitrogens with one attached hydrogen (secondary N) is 4. The van der Waals surface area contributed by atoms with Gasteiger partial charge in [-0.1, -0.05) is 0 Å². The van der Waals surface area contributed by atoms with Crippen LogP contribution in [0.2, 0.25) is 0 Å². The van der Waals surface area contributed by atoms with E-state index in [1.807, 2.05) is 6.07 Å². The first-order valence-electron chi connectivity index (χ1n) is 8.31. The average molecular weight is 380 g/mol. The third kappa shape index (κ3) is 5.93. The maximum Gasteiger partial charge on any atom is 0.166 e. The van der Waals surface area contributed by atoms with E-state index >= 15 is 0 Å². The first-order valence-corrected chi connectivity index (χ1v) is 8.31. The number of carbonyl (C=O) groups is 1. The number of anilines is 2. The zero-order valence-electron chi connectivity index (χ0n) is 16.0. The van der Waals surface area contributed by atoms with Crippen molar-refractivity contribution in [3.05, 3.63) is 52.4 Å². The van der Waals surface area contributed by atoms with Crippen LogP contribution < -0.4 is 11.1 Å². The molecule has 0 radical (unpaired) electrons. The molecule has 1 heterocycles. The van der Waals surface area contributed by atoms with E-state index in [1.54, 1.807) is 45.2 Å². The molecule has 2 rings (SSSR count). The number of H-pyrrole nitrogens is 1. The number of aliphatic hydroxyl groups is 1. The van der Waals surface area contributed by atoms with E-state index in [1.165, 1.54) is 12.3 Å². The Kier molecular flexibility index (Phi) is 7.86. The molecule has 8 heteroatoms. The highest BCUT2D eigenvalue weighted by Crippen LogP contribution is 2.31. The molecule has 1 aromatic heterocycles. The van der Waals surface area contributed by atoms with E-state index in [0.717, 1.165) is 17.5 Å². The lowest BCUT2D eigenvalue weighted by Crippen LogP contribution is -2.18. The summed E-state index contributed by atoms with van der Waals surface area (Å²) in [5.41, 5.74) is 8.80. The molecule has 146 valence electrons. The summed E-state index contributed by atoms with van der Waals surface area (Å²) < 4.78 is 0. The molecular formula is C20H24N6O2. The molecule has 0 bridgehead atoms. The normalized spacial score (nSPS) is 10.9. The van der Waals surface area contributed by atoms with Crippen LogP contribution in [0.1, 0.15) is 41.2 Å². The lowest BCUT2D eigenvalue weighted by molar-refractivity contribution is 0.0794. The van der Waals surface area contributed by atoms with Gasteiger partial charge in [-0.15, -0.1) is 0 Å². The lowest BCUT2D eigenvalue weighted by Gasteiger charge is -2.22. The van der Waals surface area contributed by atoms with Crippen molar-refractivity contribution in [1.82, 2.24) is 4.98 Å². The molecule has 0 saturated carbocycles. The number of hydrogen-bond donors (Lipinski definition) is 6. The number of rotatable bonds is 6. The van der Waals surface area contributed by atoms with Crippen molar-refractivity contribution < 1.29 is 9.90 Å². The molecule has 0 aliphatic carbocycles. The Hall–Kier alpha value is -3.70. The molecule has 7 N–H and O–H groups in total. The predicted octanol–water partition coefficient (Wildman–Crippen LogP) is 2.92. The number of nitriles is 1. The fourth-order valence-electron chi connectivity index (χ4n) is 2.33. The third-order valence-corrected chi connectivity index (χ3v) is 3.76. The quantitative estimate of drug-likeness (QED) is 0.196. The molecule has 1 aromatic carbocycles. The summed E-state index contributed by atoms with van der Waals surface area (Å²) in [5, 5.41) is 35.5. The van der Waals surface area contributed by atoms with Gasteiger partial charge in [0.25, 0.3) is 0 Å². The molecule has 0 fully saturated rings. The molecule has 28 heavy (non-hydrogen) atoms. The number of aldehydes is 1. The van der Waals surface area contributed by atoms with Gasteiger partial charge < -0.3 is 32.0 Å². The van der Waals surface area contributed by atoms with Crippen LogP contribution in [0.15, 0.2) is 29.8 Å². The standard InChI is InChI=1S/C11H17N3O.C9H7N3O/c1-11(2,15)8-5-9(13)7(6-12)4-10(8)14-3;10-4-7(5-11)3-8-1-2-9(6-13)12-8/h4-6,12,14-15H,13H2,1-3H3;1-4,6,10,12H/b;7-3+,10-4?. The van der Waals surface area contributed by atoms with Gasteiger partial charge in [0.2, 0.25) is 0 Å². The summed E-state index contributed by atoms with van der Waals surface area (Å²) in [7, 11) is 1.77. The molecule has 0 spiro atoms. The Balaban J connectivity index is 0.000000283. The number of benzene rings is 1. The van der Waals surface area contributed by atoms with Gasteiger partial charge >= 0.3 is 0 Å². The molecule has 0 atom stereocenters. The van der Waals surface area contributed by atoms with Crippen molar-refractivity contribution in [1.29, 1.82) is 16.1 Å². The first kappa shape index (κ1) is 22.3. The molecular weight excluding hydrogens is 356 g/mol. The fraction of sp³-hybridized carbons (Fsp3) is 0.200. The first-order chi connectivity index (χ1) is 13.2. The van der Waals surface area contributed by atoms with Crippen LogP contribution in [0.25, 0.3) is 6.08 Å². The van der Waals surface area contributed by atoms with Gasteiger partial charge in [-0.3, -0.25) is 4.79 Å². The number of nitrogen functional groups attached to an aromatic ring is 1. The third-order valence-electron chi connectivity index (χ3n) is 3.76. The van der Waals surface area contributed by atoms with Crippen LogP contribution in [0.4, 0.5) is 11.4 Å². The Morgan fingerprint density at radius 3 is 2.39 bits per heavy atom. The zero-order valence-corrected chi connectivity index (χ0v) is 16.0. The van der Waals surface area contributed by atoms with Crippen molar-refractivity contribution in [2.75, 3.05) is 18.1 Å². The largest absolute Gasteiger partial charge is 0.398 e. The van der Waals surface area contributed by atoms with Crippen LogP contribution in [0.5, 0.6) is 0 Å². The second-order valence-corrected chi connectivity index (χ2v) is 6.32. The maximum atomic E-state index is 10.3. The Morgan fingerprint density at radius 2 is 1.96 bits per heavy atom. The predicted molar refractivity (Wildman–Crippen MR) is 112 cm³/mol. The lowest BCUT2D eigenvalue weighted by atomic mass is 9.94. The number of allylic oxidation sites excluding steroid dienone is 1. The summed E-state index contributed by atoms with van der Waals surface area (Å²) in [6, 6.07) is 8.58. The summed E-state index contributed by atoms with van der Waals surface area (Å²) in [6.45, 7) is 3.40. The smallest absolute Gasteiger partial charge is 0.166 e. The minimum absolute atomic E-state index is 0.235. The number of nitrogens with two attached hydrogens (primary N) is 1. The second kappa shape index (κ2) is 9.85. The van der Waals surface area contributed by atoms with Crippen LogP contribution in [0, 0.1) is 22.1 Å². The minimum Gasteiger partial charge on any atom is -0.398 e. The topological polar surface area (TPSA) is 163 Å². The Labute approximate surface area is 163 Å². The number of nitrogens with zero attached hydrogens (tertiary/aromatic N) is 1. The highest BCUT2D eigenvalue weighted by atomic mass is 16.3. The molecule has 2 aromatic rings. The molecule has 0 saturated heterocycles. The van der Waals surface area contributed by atoms with Crippen LogP contribution in [-0.4, -0.2) is 35.9 Å². The van der Waals surface area contributed by atoms with Crippen molar-refractivity contribution >= 4 is 36.2 Å². The van der Waals surface area contributed by atoms with Gasteiger partial charge in [-0.2, -0.15) is 5.26 Å². The minimum atomic E-state index is -0.951. The van der Waals surface area contributed by atoms with Crippen LogP contribution in [-0.2, 0) is 5.60 Å². The molecule has 0 aliphatic rings. The van der Waals surface area contributed by atoms with Gasteiger partial charge in [0, 0.05) is 47.7 Å². The van der Waals surface area contributed by atoms with E-state index in [4.69, 9.17) is 21.8 Å². The second-order valence-electron chi connectivity index (χ2n) is 6.32. The van der Waals surface area contributed by atoms with Gasteiger partial charge in [0.1, 0.15) is 6.07 Å². The molecule has 0 amide bonds. The number of carbonyl (C=O) groups excluding carboxylic acids is 1. The van der Waals surface area contributed by atoms with Crippen molar-refractivity contribution in [2.24, 2.45) is 0 Å². The SMILES string of the molecule is CNc1cc(C=N)c(N)cc1C(C)(C)O.N#C/C(C=N)=C/c1ccc(C=O)[nH]1. The highest BCUT2D eigenvalue weighted by Gasteiger charge is 2.20. The van der Waals surface area contributed by atoms with Crippen LogP contribution in [0.3, 0.4) is 0 Å². The van der Waals surface area contributed by atoms with Gasteiger partial charge in [0.05, 0.1) is 16.9 Å². The average Bonchev–Trinajstić information content (AvgIpc) is 3.13. The van der Waals surface area contributed by atoms with E-state index in [-0.39, 0.29) is 5.57 Å². The highest BCUT2D eigenvalue weighted by molar-refractivity contribution is 5.88. The number of aromatic amines is 1. The fourth-order valence-corrected chi connectivity index (χ4v) is 2.33. The Morgan fingerprint density at radius 1 is 1.32 bits per heavy atom. The molecule has 0 unspecified atom stereocenters. The van der Waals surface area contributed by atoms with E-state index in [9.17, 15) is 9.90 Å².